The number of carboxylic acid groups (broad SMARTS) is 1. The average molecular weight is 601 g/mol. The molecular weight excluding hydrogens is 567 g/mol. The van der Waals surface area contributed by atoms with Gasteiger partial charge in [0.2, 0.25) is 11.3 Å². The molecular formula is C30H34ClFN4O6. The molecule has 42 heavy (non-hydrogen) atoms. The Labute approximate surface area is 247 Å². The number of carboxylic acids is 1. The number of ether oxygens (including phenoxy) is 1. The van der Waals surface area contributed by atoms with Crippen LogP contribution < -0.4 is 20.4 Å². The minimum Gasteiger partial charge on any atom is -0.492 e. The number of aliphatic hydroxyl groups is 1. The Morgan fingerprint density at radius 2 is 1.95 bits per heavy atom. The van der Waals surface area contributed by atoms with Crippen molar-refractivity contribution in [2.45, 2.75) is 44.4 Å². The summed E-state index contributed by atoms with van der Waals surface area (Å²) in [4.78, 5) is 39.2. The summed E-state index contributed by atoms with van der Waals surface area (Å²) in [5, 5.41) is 23.3. The first kappa shape index (κ1) is 29.8. The molecule has 2 aliphatic rings. The van der Waals surface area contributed by atoms with Gasteiger partial charge in [-0.1, -0.05) is 23.7 Å². The van der Waals surface area contributed by atoms with Crippen LogP contribution >= 0.6 is 11.6 Å². The highest BCUT2D eigenvalue weighted by molar-refractivity contribution is 6.38. The van der Waals surface area contributed by atoms with Crippen LogP contribution in [-0.2, 0) is 4.79 Å². The van der Waals surface area contributed by atoms with Gasteiger partial charge in [0.25, 0.3) is 0 Å². The monoisotopic (exact) mass is 600 g/mol. The second-order valence-electron chi connectivity index (χ2n) is 11.0. The Kier molecular flexibility index (Phi) is 8.72. The molecule has 2 aromatic carbocycles. The number of hydrogen-bond donors (Lipinski definition) is 3. The zero-order valence-corrected chi connectivity index (χ0v) is 24.2. The van der Waals surface area contributed by atoms with Crippen LogP contribution in [0.4, 0.5) is 10.1 Å². The Balaban J connectivity index is 1.19. The number of halogens is 2. The largest absolute Gasteiger partial charge is 0.492 e. The maximum Gasteiger partial charge on any atom is 0.341 e. The van der Waals surface area contributed by atoms with Crippen molar-refractivity contribution in [3.05, 3.63) is 68.7 Å². The minimum absolute atomic E-state index is 0.0231. The van der Waals surface area contributed by atoms with Crippen molar-refractivity contribution < 1.29 is 28.9 Å². The van der Waals surface area contributed by atoms with Gasteiger partial charge < -0.3 is 34.6 Å². The van der Waals surface area contributed by atoms with Gasteiger partial charge in [-0.05, 0) is 43.0 Å². The fourth-order valence-electron chi connectivity index (χ4n) is 5.36. The third kappa shape index (κ3) is 6.23. The molecule has 1 aliphatic carbocycles. The predicted molar refractivity (Wildman–Crippen MR) is 157 cm³/mol. The highest BCUT2D eigenvalue weighted by Gasteiger charge is 2.32. The quantitative estimate of drug-likeness (QED) is 0.285. The number of rotatable bonds is 11. The molecule has 1 aliphatic heterocycles. The maximum atomic E-state index is 15.4. The number of anilines is 1. The van der Waals surface area contributed by atoms with Gasteiger partial charge >= 0.3 is 5.97 Å². The predicted octanol–water partition coefficient (Wildman–Crippen LogP) is 3.59. The van der Waals surface area contributed by atoms with Crippen LogP contribution in [0.5, 0.6) is 5.75 Å². The van der Waals surface area contributed by atoms with E-state index in [1.165, 1.54) is 18.0 Å². The SMILES string of the molecule is CC(=O)N(C)C[C@H](O)c1ccc(OCCNC2CCN(c3c(F)cc4c(=O)c(C(=O)O)cn(C5CC5)c4c3Cl)C2)cc1. The summed E-state index contributed by atoms with van der Waals surface area (Å²) in [6, 6.07) is 8.29. The molecule has 0 bridgehead atoms. The number of likely N-dealkylation sites (N-methyl/N-ethyl adjacent to an activating group) is 1. The van der Waals surface area contributed by atoms with Gasteiger partial charge in [-0.15, -0.1) is 0 Å². The molecule has 1 amide bonds. The lowest BCUT2D eigenvalue weighted by Gasteiger charge is -2.23. The Hall–Kier alpha value is -3.67. The second kappa shape index (κ2) is 12.3. The number of benzene rings is 2. The van der Waals surface area contributed by atoms with Crippen LogP contribution in [0.1, 0.15) is 54.3 Å². The number of carbonyl (C=O) groups is 2. The summed E-state index contributed by atoms with van der Waals surface area (Å²) < 4.78 is 22.9. The third-order valence-electron chi connectivity index (χ3n) is 7.91. The Morgan fingerprint density at radius 3 is 2.60 bits per heavy atom. The number of fused-ring (bicyclic) bond motifs is 1. The van der Waals surface area contributed by atoms with Crippen LogP contribution in [-0.4, -0.2) is 77.4 Å². The van der Waals surface area contributed by atoms with Crippen LogP contribution in [0.25, 0.3) is 10.9 Å². The normalized spacial score (nSPS) is 17.5. The summed E-state index contributed by atoms with van der Waals surface area (Å²) in [5.41, 5.74) is 0.152. The molecule has 1 saturated carbocycles. The van der Waals surface area contributed by atoms with Gasteiger partial charge in [-0.3, -0.25) is 9.59 Å². The molecule has 3 N–H and O–H groups in total. The standard InChI is InChI=1S/C30H34ClFN4O6/c1-17(37)34(2)16-25(38)18-3-7-21(8-4-18)42-12-10-33-19-9-11-35(14-19)28-24(32)13-22-27(26(28)31)36(20-5-6-20)15-23(29(22)39)30(40)41/h3-4,7-8,13,15,19-20,25,33,38H,5-6,9-12,14,16H2,1-2H3,(H,40,41)/t19?,25-/m0/s1. The second-order valence-corrected chi connectivity index (χ2v) is 11.3. The molecule has 1 aromatic heterocycles. The van der Waals surface area contributed by atoms with Crippen LogP contribution in [0.3, 0.4) is 0 Å². The number of nitrogens with one attached hydrogen (secondary N) is 1. The number of aromatic nitrogens is 1. The van der Waals surface area contributed by atoms with Crippen molar-refractivity contribution in [1.29, 1.82) is 0 Å². The van der Waals surface area contributed by atoms with Gasteiger partial charge in [0.05, 0.1) is 34.3 Å². The number of aromatic carboxylic acids is 1. The summed E-state index contributed by atoms with van der Waals surface area (Å²) in [6.45, 7) is 3.67. The molecule has 2 atom stereocenters. The number of amides is 1. The van der Waals surface area contributed by atoms with Crippen molar-refractivity contribution in [3.8, 4) is 5.75 Å². The van der Waals surface area contributed by atoms with Gasteiger partial charge in [0, 0.05) is 51.9 Å². The van der Waals surface area contributed by atoms with Crippen LogP contribution in [0.2, 0.25) is 5.02 Å². The summed E-state index contributed by atoms with van der Waals surface area (Å²) in [6.07, 6.45) is 2.97. The van der Waals surface area contributed by atoms with E-state index in [4.69, 9.17) is 16.3 Å². The van der Waals surface area contributed by atoms with E-state index in [0.717, 1.165) is 25.3 Å². The molecule has 1 saturated heterocycles. The van der Waals surface area contributed by atoms with Gasteiger partial charge in [-0.25, -0.2) is 9.18 Å². The highest BCUT2D eigenvalue weighted by Crippen LogP contribution is 2.42. The van der Waals surface area contributed by atoms with Gasteiger partial charge in [0.15, 0.2) is 0 Å². The lowest BCUT2D eigenvalue weighted by molar-refractivity contribution is -0.128. The van der Waals surface area contributed by atoms with E-state index in [2.05, 4.69) is 5.32 Å². The highest BCUT2D eigenvalue weighted by atomic mass is 35.5. The number of aliphatic hydroxyl groups excluding tert-OH is 1. The average Bonchev–Trinajstić information content (AvgIpc) is 3.70. The fraction of sp³-hybridized carbons (Fsp3) is 0.433. The van der Waals surface area contributed by atoms with E-state index in [1.807, 2.05) is 4.90 Å². The molecule has 3 aromatic rings. The smallest absolute Gasteiger partial charge is 0.341 e. The third-order valence-corrected chi connectivity index (χ3v) is 8.27. The van der Waals surface area contributed by atoms with Gasteiger partial charge in [-0.2, -0.15) is 0 Å². The van der Waals surface area contributed by atoms with Crippen LogP contribution in [0.15, 0.2) is 41.3 Å². The molecule has 10 nitrogen and oxygen atoms in total. The molecule has 224 valence electrons. The van der Waals surface area contributed by atoms with Gasteiger partial charge in [0.1, 0.15) is 23.7 Å². The molecule has 5 rings (SSSR count). The van der Waals surface area contributed by atoms with Crippen molar-refractivity contribution in [2.75, 3.05) is 44.7 Å². The molecule has 12 heteroatoms. The minimum atomic E-state index is -1.35. The first-order valence-electron chi connectivity index (χ1n) is 14.0. The van der Waals surface area contributed by atoms with Crippen molar-refractivity contribution in [2.24, 2.45) is 0 Å². The summed E-state index contributed by atoms with van der Waals surface area (Å²) in [5.74, 6) is -1.47. The zero-order valence-electron chi connectivity index (χ0n) is 23.5. The first-order valence-corrected chi connectivity index (χ1v) is 14.3. The van der Waals surface area contributed by atoms with E-state index >= 15 is 4.39 Å². The molecule has 0 radical (unpaired) electrons. The summed E-state index contributed by atoms with van der Waals surface area (Å²) >= 11 is 6.76. The maximum absolute atomic E-state index is 15.4. The topological polar surface area (TPSA) is 124 Å². The fourth-order valence-corrected chi connectivity index (χ4v) is 5.77. The number of nitrogens with zero attached hydrogens (tertiary/aromatic N) is 3. The molecule has 2 heterocycles. The number of pyridine rings is 1. The van der Waals surface area contributed by atoms with Crippen LogP contribution in [0, 0.1) is 5.82 Å². The zero-order chi connectivity index (χ0) is 30.1. The van der Waals surface area contributed by atoms with Crippen molar-refractivity contribution >= 4 is 40.1 Å². The van der Waals surface area contributed by atoms with E-state index in [1.54, 1.807) is 35.9 Å². The van der Waals surface area contributed by atoms with E-state index in [-0.39, 0.29) is 40.6 Å². The lowest BCUT2D eigenvalue weighted by Crippen LogP contribution is -2.35. The van der Waals surface area contributed by atoms with Crippen molar-refractivity contribution in [1.82, 2.24) is 14.8 Å². The molecule has 1 unspecified atom stereocenters. The molecule has 0 spiro atoms. The van der Waals surface area contributed by atoms with Crippen molar-refractivity contribution in [3.63, 3.8) is 0 Å². The molecule has 2 fully saturated rings. The first-order chi connectivity index (χ1) is 20.0. The number of carbonyl (C=O) groups excluding carboxylic acids is 1. The van der Waals surface area contributed by atoms with E-state index in [9.17, 15) is 24.6 Å². The Morgan fingerprint density at radius 1 is 1.24 bits per heavy atom. The van der Waals surface area contributed by atoms with E-state index in [0.29, 0.717) is 43.1 Å². The number of hydrogen-bond acceptors (Lipinski definition) is 7. The Bertz CT molecular complexity index is 1560. The van der Waals surface area contributed by atoms with E-state index < -0.39 is 28.9 Å². The summed E-state index contributed by atoms with van der Waals surface area (Å²) in [7, 11) is 1.64. The lowest BCUT2D eigenvalue weighted by atomic mass is 10.1.